The first kappa shape index (κ1) is 22.9. The summed E-state index contributed by atoms with van der Waals surface area (Å²) in [5.74, 6) is 2.47. The van der Waals surface area contributed by atoms with Crippen LogP contribution in [0.5, 0.6) is 11.5 Å². The number of nitrogens with zero attached hydrogens (tertiary/aromatic N) is 2. The average Bonchev–Trinajstić information content (AvgIpc) is 3.49. The summed E-state index contributed by atoms with van der Waals surface area (Å²) in [6, 6.07) is 17.8. The molecule has 0 saturated carbocycles. The second-order valence-electron chi connectivity index (χ2n) is 8.74. The van der Waals surface area contributed by atoms with E-state index in [4.69, 9.17) is 14.0 Å². The van der Waals surface area contributed by atoms with Crippen molar-refractivity contribution in [3.05, 3.63) is 77.2 Å². The molecule has 0 saturated heterocycles. The summed E-state index contributed by atoms with van der Waals surface area (Å²) >= 11 is 0. The lowest BCUT2D eigenvalue weighted by Crippen LogP contribution is -2.27. The molecule has 1 aliphatic rings. The fourth-order valence-corrected chi connectivity index (χ4v) is 3.68. The van der Waals surface area contributed by atoms with Gasteiger partial charge in [-0.3, -0.25) is 9.69 Å². The van der Waals surface area contributed by atoms with E-state index < -0.39 is 0 Å². The predicted molar refractivity (Wildman–Crippen MR) is 125 cm³/mol. The number of ether oxygens (including phenoxy) is 2. The number of fused-ring (bicyclic) bond motifs is 1. The molecular weight excluding hydrogens is 418 g/mol. The van der Waals surface area contributed by atoms with Crippen LogP contribution in [0.3, 0.4) is 0 Å². The van der Waals surface area contributed by atoms with Crippen molar-refractivity contribution in [2.75, 3.05) is 19.9 Å². The van der Waals surface area contributed by atoms with Crippen LogP contribution < -0.4 is 14.8 Å². The molecule has 174 valence electrons. The first-order valence-electron chi connectivity index (χ1n) is 11.5. The van der Waals surface area contributed by atoms with E-state index >= 15 is 0 Å². The van der Waals surface area contributed by atoms with Crippen molar-refractivity contribution in [2.24, 2.45) is 5.92 Å². The molecule has 2 heterocycles. The number of aromatic nitrogens is 1. The van der Waals surface area contributed by atoms with Crippen LogP contribution in [-0.4, -0.2) is 35.8 Å². The van der Waals surface area contributed by atoms with Gasteiger partial charge in [-0.2, -0.15) is 0 Å². The first-order chi connectivity index (χ1) is 16.1. The van der Waals surface area contributed by atoms with Gasteiger partial charge < -0.3 is 19.3 Å². The zero-order valence-electron chi connectivity index (χ0n) is 19.3. The Labute approximate surface area is 194 Å². The molecular formula is C26H31N3O4. The predicted octanol–water partition coefficient (Wildman–Crippen LogP) is 4.42. The largest absolute Gasteiger partial charge is 0.454 e. The highest BCUT2D eigenvalue weighted by Gasteiger charge is 2.17. The van der Waals surface area contributed by atoms with E-state index in [0.29, 0.717) is 30.5 Å². The van der Waals surface area contributed by atoms with Crippen molar-refractivity contribution < 1.29 is 18.8 Å². The number of amides is 1. The molecule has 7 nitrogen and oxygen atoms in total. The minimum absolute atomic E-state index is 0.229. The van der Waals surface area contributed by atoms with Crippen LogP contribution in [0.2, 0.25) is 0 Å². The van der Waals surface area contributed by atoms with Crippen LogP contribution in [0, 0.1) is 5.92 Å². The minimum Gasteiger partial charge on any atom is -0.454 e. The van der Waals surface area contributed by atoms with E-state index in [-0.39, 0.29) is 18.4 Å². The molecule has 0 spiro atoms. The Morgan fingerprint density at radius 1 is 1.03 bits per heavy atom. The maximum absolute atomic E-state index is 12.6. The van der Waals surface area contributed by atoms with Gasteiger partial charge in [0.1, 0.15) is 0 Å². The molecule has 7 heteroatoms. The van der Waals surface area contributed by atoms with Gasteiger partial charge in [0.25, 0.3) is 5.91 Å². The van der Waals surface area contributed by atoms with Gasteiger partial charge in [-0.25, -0.2) is 0 Å². The number of carbonyl (C=O) groups is 1. The molecule has 0 aliphatic carbocycles. The summed E-state index contributed by atoms with van der Waals surface area (Å²) in [5, 5.41) is 6.88. The standard InChI is InChI=1S/C26H31N3O4/c1-19(2)10-12-29(13-11-20-6-4-3-5-7-20)17-22-15-23(28-33-22)26(30)27-16-21-8-9-24-25(14-21)32-18-31-24/h3-9,14-15,19H,10-13,16-18H2,1-2H3,(H,27,30). The lowest BCUT2D eigenvalue weighted by atomic mass is 10.1. The van der Waals surface area contributed by atoms with Crippen molar-refractivity contribution in [1.29, 1.82) is 0 Å². The Balaban J connectivity index is 1.32. The molecule has 3 aromatic rings. The van der Waals surface area contributed by atoms with Gasteiger partial charge in [0, 0.05) is 19.2 Å². The molecule has 0 atom stereocenters. The van der Waals surface area contributed by atoms with Gasteiger partial charge in [-0.1, -0.05) is 55.4 Å². The molecule has 0 fully saturated rings. The van der Waals surface area contributed by atoms with Gasteiger partial charge in [0.2, 0.25) is 6.79 Å². The SMILES string of the molecule is CC(C)CCN(CCc1ccccc1)Cc1cc(C(=O)NCc2ccc3c(c2)OCO3)no1. The highest BCUT2D eigenvalue weighted by molar-refractivity contribution is 5.92. The molecule has 1 aromatic heterocycles. The minimum atomic E-state index is -0.263. The third kappa shape index (κ3) is 6.58. The van der Waals surface area contributed by atoms with E-state index in [1.165, 1.54) is 5.56 Å². The topological polar surface area (TPSA) is 76.8 Å². The number of hydrogen-bond donors (Lipinski definition) is 1. The summed E-state index contributed by atoms with van der Waals surface area (Å²) in [7, 11) is 0. The van der Waals surface area contributed by atoms with Crippen molar-refractivity contribution in [2.45, 2.75) is 39.8 Å². The summed E-state index contributed by atoms with van der Waals surface area (Å²) in [4.78, 5) is 14.9. The molecule has 33 heavy (non-hydrogen) atoms. The molecule has 1 aliphatic heterocycles. The van der Waals surface area contributed by atoms with Crippen molar-refractivity contribution >= 4 is 5.91 Å². The van der Waals surface area contributed by atoms with Crippen LogP contribution in [0.25, 0.3) is 0 Å². The number of hydrogen-bond acceptors (Lipinski definition) is 6. The maximum Gasteiger partial charge on any atom is 0.273 e. The molecule has 4 rings (SSSR count). The smallest absolute Gasteiger partial charge is 0.273 e. The monoisotopic (exact) mass is 449 g/mol. The Bertz CT molecular complexity index is 1050. The Kier molecular flexibility index (Phi) is 7.62. The zero-order chi connectivity index (χ0) is 23.0. The molecule has 2 aromatic carbocycles. The number of carbonyl (C=O) groups excluding carboxylic acids is 1. The first-order valence-corrected chi connectivity index (χ1v) is 11.5. The average molecular weight is 450 g/mol. The lowest BCUT2D eigenvalue weighted by molar-refractivity contribution is 0.0941. The number of nitrogens with one attached hydrogen (secondary N) is 1. The van der Waals surface area contributed by atoms with Crippen LogP contribution in [-0.2, 0) is 19.5 Å². The quantitative estimate of drug-likeness (QED) is 0.467. The van der Waals surface area contributed by atoms with E-state index in [1.54, 1.807) is 6.07 Å². The molecule has 0 bridgehead atoms. The van der Waals surface area contributed by atoms with E-state index in [1.807, 2.05) is 24.3 Å². The third-order valence-electron chi connectivity index (χ3n) is 5.64. The van der Waals surface area contributed by atoms with Crippen molar-refractivity contribution in [3.63, 3.8) is 0 Å². The molecule has 1 amide bonds. The van der Waals surface area contributed by atoms with E-state index in [9.17, 15) is 4.79 Å². The summed E-state index contributed by atoms with van der Waals surface area (Å²) in [6.07, 6.45) is 2.07. The highest BCUT2D eigenvalue weighted by Crippen LogP contribution is 2.32. The third-order valence-corrected chi connectivity index (χ3v) is 5.64. The Morgan fingerprint density at radius 3 is 2.67 bits per heavy atom. The second-order valence-corrected chi connectivity index (χ2v) is 8.74. The molecule has 1 N–H and O–H groups in total. The van der Waals surface area contributed by atoms with Crippen molar-refractivity contribution in [1.82, 2.24) is 15.4 Å². The summed E-state index contributed by atoms with van der Waals surface area (Å²) < 4.78 is 16.2. The van der Waals surface area contributed by atoms with Gasteiger partial charge in [0.15, 0.2) is 23.0 Å². The zero-order valence-corrected chi connectivity index (χ0v) is 19.3. The molecule has 0 radical (unpaired) electrons. The lowest BCUT2D eigenvalue weighted by Gasteiger charge is -2.22. The van der Waals surface area contributed by atoms with E-state index in [2.05, 4.69) is 53.5 Å². The van der Waals surface area contributed by atoms with Gasteiger partial charge >= 0.3 is 0 Å². The summed E-state index contributed by atoms with van der Waals surface area (Å²) in [6.45, 7) is 7.57. The second kappa shape index (κ2) is 11.0. The maximum atomic E-state index is 12.6. The summed E-state index contributed by atoms with van der Waals surface area (Å²) in [5.41, 5.74) is 2.53. The highest BCUT2D eigenvalue weighted by atomic mass is 16.7. The number of rotatable bonds is 11. The Morgan fingerprint density at radius 2 is 1.85 bits per heavy atom. The Hall–Kier alpha value is -3.32. The van der Waals surface area contributed by atoms with Crippen LogP contribution in [0.15, 0.2) is 59.1 Å². The number of benzene rings is 2. The van der Waals surface area contributed by atoms with Crippen LogP contribution in [0.4, 0.5) is 0 Å². The van der Waals surface area contributed by atoms with Gasteiger partial charge in [0.05, 0.1) is 6.54 Å². The fraction of sp³-hybridized carbons (Fsp3) is 0.385. The fourth-order valence-electron chi connectivity index (χ4n) is 3.68. The van der Waals surface area contributed by atoms with Gasteiger partial charge in [-0.05, 0) is 48.6 Å². The molecule has 0 unspecified atom stereocenters. The normalized spacial score (nSPS) is 12.5. The van der Waals surface area contributed by atoms with Crippen molar-refractivity contribution in [3.8, 4) is 11.5 Å². The van der Waals surface area contributed by atoms with Crippen LogP contribution in [0.1, 0.15) is 47.6 Å². The van der Waals surface area contributed by atoms with Gasteiger partial charge in [-0.15, -0.1) is 0 Å². The van der Waals surface area contributed by atoms with E-state index in [0.717, 1.165) is 37.2 Å². The van der Waals surface area contributed by atoms with Crippen LogP contribution >= 0.6 is 0 Å².